The highest BCUT2D eigenvalue weighted by Crippen LogP contribution is 2.33. The lowest BCUT2D eigenvalue weighted by Gasteiger charge is -2.10. The van der Waals surface area contributed by atoms with Gasteiger partial charge in [0.2, 0.25) is 5.88 Å². The summed E-state index contributed by atoms with van der Waals surface area (Å²) in [7, 11) is 0. The summed E-state index contributed by atoms with van der Waals surface area (Å²) in [5, 5.41) is 18.6. The van der Waals surface area contributed by atoms with Crippen molar-refractivity contribution < 1.29 is 18.6 Å². The number of nitrogens with one attached hydrogen (secondary N) is 2. The average Bonchev–Trinajstić information content (AvgIpc) is 3.08. The number of nitrogens with zero attached hydrogens (tertiary/aromatic N) is 3. The third-order valence-electron chi connectivity index (χ3n) is 3.50. The van der Waals surface area contributed by atoms with Crippen LogP contribution in [0.25, 0.3) is 0 Å². The molecule has 2 aromatic heterocycles. The van der Waals surface area contributed by atoms with Gasteiger partial charge in [-0.1, -0.05) is 0 Å². The normalized spacial score (nSPS) is 21.3. The minimum absolute atomic E-state index is 0.184. The van der Waals surface area contributed by atoms with Crippen molar-refractivity contribution in [1.82, 2.24) is 20.2 Å². The van der Waals surface area contributed by atoms with Gasteiger partial charge < -0.3 is 15.2 Å². The van der Waals surface area contributed by atoms with Gasteiger partial charge in [0, 0.05) is 18.2 Å². The summed E-state index contributed by atoms with van der Waals surface area (Å²) in [6, 6.07) is 1.31. The molecule has 0 bridgehead atoms. The quantitative estimate of drug-likeness (QED) is 0.783. The maximum Gasteiger partial charge on any atom is 0.388 e. The fraction of sp³-hybridized carbons (Fsp3) is 0.462. The number of ether oxygens (including phenoxy) is 1. The van der Waals surface area contributed by atoms with E-state index in [1.54, 1.807) is 6.20 Å². The summed E-state index contributed by atoms with van der Waals surface area (Å²) in [6.07, 6.45) is 5.21. The molecule has 3 rings (SSSR count). The first kappa shape index (κ1) is 14.6. The summed E-state index contributed by atoms with van der Waals surface area (Å²) in [6.45, 7) is -2.92. The van der Waals surface area contributed by atoms with Crippen LogP contribution in [0.4, 0.5) is 20.4 Å². The zero-order valence-electron chi connectivity index (χ0n) is 11.5. The molecule has 2 atom stereocenters. The molecule has 0 amide bonds. The van der Waals surface area contributed by atoms with Crippen LogP contribution >= 0.6 is 0 Å². The maximum atomic E-state index is 12.1. The molecule has 22 heavy (non-hydrogen) atoms. The van der Waals surface area contributed by atoms with E-state index in [-0.39, 0.29) is 17.9 Å². The number of aliphatic hydroxyl groups excluding tert-OH is 1. The van der Waals surface area contributed by atoms with Crippen LogP contribution in [0.1, 0.15) is 30.9 Å². The van der Waals surface area contributed by atoms with Crippen LogP contribution in [0.15, 0.2) is 18.5 Å². The Morgan fingerprint density at radius 1 is 1.36 bits per heavy atom. The van der Waals surface area contributed by atoms with E-state index in [2.05, 4.69) is 30.2 Å². The fourth-order valence-corrected chi connectivity index (χ4v) is 2.52. The van der Waals surface area contributed by atoms with Gasteiger partial charge in [-0.25, -0.2) is 4.98 Å². The lowest BCUT2D eigenvalue weighted by molar-refractivity contribution is -0.0528. The molecular formula is C13H15F2N5O2. The Morgan fingerprint density at radius 2 is 2.23 bits per heavy atom. The molecule has 2 heterocycles. The lowest BCUT2D eigenvalue weighted by atomic mass is 10.0. The number of aromatic nitrogens is 4. The highest BCUT2D eigenvalue weighted by atomic mass is 19.3. The number of hydrogen-bond acceptors (Lipinski definition) is 6. The van der Waals surface area contributed by atoms with E-state index >= 15 is 0 Å². The van der Waals surface area contributed by atoms with E-state index in [0.29, 0.717) is 18.1 Å². The lowest BCUT2D eigenvalue weighted by Crippen LogP contribution is -2.04. The second-order valence-corrected chi connectivity index (χ2v) is 5.12. The molecule has 0 aliphatic heterocycles. The SMILES string of the molecule is O[C@@H]1CC[C@H](c2cncc(Nc3cc(OC(F)F)n[nH]3)n2)C1. The molecule has 3 N–H and O–H groups in total. The second-order valence-electron chi connectivity index (χ2n) is 5.12. The molecule has 1 aliphatic carbocycles. The first-order chi connectivity index (χ1) is 10.6. The van der Waals surface area contributed by atoms with Gasteiger partial charge in [-0.3, -0.25) is 10.1 Å². The maximum absolute atomic E-state index is 12.1. The van der Waals surface area contributed by atoms with Crippen LogP contribution in [0.5, 0.6) is 5.88 Å². The van der Waals surface area contributed by atoms with Gasteiger partial charge in [-0.05, 0) is 19.3 Å². The standard InChI is InChI=1S/C13H15F2N5O2/c14-13(15)22-12-4-10(19-20-12)18-11-6-16-5-9(17-11)7-1-2-8(21)3-7/h4-8,13,21H,1-3H2,(H2,17,18,19,20)/t7-,8+/m0/s1. The van der Waals surface area contributed by atoms with Crippen molar-refractivity contribution >= 4 is 11.6 Å². The Hall–Kier alpha value is -2.29. The fourth-order valence-electron chi connectivity index (χ4n) is 2.52. The van der Waals surface area contributed by atoms with Crippen LogP contribution in [0.3, 0.4) is 0 Å². The molecular weight excluding hydrogens is 296 g/mol. The molecule has 0 unspecified atom stereocenters. The molecule has 1 saturated carbocycles. The zero-order chi connectivity index (χ0) is 15.5. The second kappa shape index (κ2) is 6.22. The molecule has 0 saturated heterocycles. The molecule has 2 aromatic rings. The first-order valence-corrected chi connectivity index (χ1v) is 6.87. The van der Waals surface area contributed by atoms with Gasteiger partial charge in [0.05, 0.1) is 18.0 Å². The number of aliphatic hydroxyl groups is 1. The highest BCUT2D eigenvalue weighted by molar-refractivity contribution is 5.51. The minimum atomic E-state index is -2.92. The van der Waals surface area contributed by atoms with Crippen molar-refractivity contribution in [3.63, 3.8) is 0 Å². The third kappa shape index (κ3) is 3.48. The van der Waals surface area contributed by atoms with Gasteiger partial charge in [-0.2, -0.15) is 8.78 Å². The summed E-state index contributed by atoms with van der Waals surface area (Å²) >= 11 is 0. The predicted molar refractivity (Wildman–Crippen MR) is 73.1 cm³/mol. The highest BCUT2D eigenvalue weighted by Gasteiger charge is 2.25. The smallest absolute Gasteiger partial charge is 0.388 e. The van der Waals surface area contributed by atoms with Crippen LogP contribution in [-0.2, 0) is 0 Å². The van der Waals surface area contributed by atoms with Crippen molar-refractivity contribution in [2.45, 2.75) is 37.9 Å². The number of halogens is 2. The molecule has 0 radical (unpaired) electrons. The van der Waals surface area contributed by atoms with Crippen molar-refractivity contribution in [3.05, 3.63) is 24.2 Å². The largest absolute Gasteiger partial charge is 0.415 e. The number of hydrogen-bond donors (Lipinski definition) is 3. The minimum Gasteiger partial charge on any atom is -0.415 e. The van der Waals surface area contributed by atoms with Crippen LogP contribution < -0.4 is 10.1 Å². The van der Waals surface area contributed by atoms with Crippen molar-refractivity contribution in [1.29, 1.82) is 0 Å². The molecule has 0 spiro atoms. The van der Waals surface area contributed by atoms with E-state index < -0.39 is 6.61 Å². The molecule has 1 fully saturated rings. The topological polar surface area (TPSA) is 96.0 Å². The van der Waals surface area contributed by atoms with Crippen LogP contribution in [0, 0.1) is 0 Å². The van der Waals surface area contributed by atoms with E-state index in [0.717, 1.165) is 18.5 Å². The third-order valence-corrected chi connectivity index (χ3v) is 3.50. The van der Waals surface area contributed by atoms with E-state index in [9.17, 15) is 13.9 Å². The Bertz CT molecular complexity index is 636. The number of aromatic amines is 1. The number of anilines is 2. The zero-order valence-corrected chi connectivity index (χ0v) is 11.5. The predicted octanol–water partition coefficient (Wildman–Crippen LogP) is 2.17. The Morgan fingerprint density at radius 3 is 2.95 bits per heavy atom. The molecule has 0 aromatic carbocycles. The van der Waals surface area contributed by atoms with Crippen LogP contribution in [-0.4, -0.2) is 38.0 Å². The first-order valence-electron chi connectivity index (χ1n) is 6.87. The molecule has 7 nitrogen and oxygen atoms in total. The van der Waals surface area contributed by atoms with Gasteiger partial charge in [0.15, 0.2) is 0 Å². The summed E-state index contributed by atoms with van der Waals surface area (Å²) in [5.74, 6) is 0.809. The molecule has 9 heteroatoms. The Labute approximate surface area is 124 Å². The van der Waals surface area contributed by atoms with Crippen molar-refractivity contribution in [2.24, 2.45) is 0 Å². The monoisotopic (exact) mass is 311 g/mol. The summed E-state index contributed by atoms with van der Waals surface area (Å²) < 4.78 is 28.3. The average molecular weight is 311 g/mol. The van der Waals surface area contributed by atoms with Gasteiger partial charge in [0.25, 0.3) is 0 Å². The Kier molecular flexibility index (Phi) is 4.14. The van der Waals surface area contributed by atoms with Gasteiger partial charge >= 0.3 is 6.61 Å². The molecule has 118 valence electrons. The van der Waals surface area contributed by atoms with Crippen LogP contribution in [0.2, 0.25) is 0 Å². The number of rotatable bonds is 5. The molecule has 1 aliphatic rings. The van der Waals surface area contributed by atoms with Crippen molar-refractivity contribution in [3.8, 4) is 5.88 Å². The van der Waals surface area contributed by atoms with E-state index in [1.807, 2.05) is 0 Å². The Balaban J connectivity index is 1.69. The van der Waals surface area contributed by atoms with E-state index in [4.69, 9.17) is 0 Å². The summed E-state index contributed by atoms with van der Waals surface area (Å²) in [4.78, 5) is 8.55. The van der Waals surface area contributed by atoms with Gasteiger partial charge in [-0.15, -0.1) is 5.10 Å². The van der Waals surface area contributed by atoms with Crippen molar-refractivity contribution in [2.75, 3.05) is 5.32 Å². The summed E-state index contributed by atoms with van der Waals surface area (Å²) in [5.41, 5.74) is 0.796. The van der Waals surface area contributed by atoms with Gasteiger partial charge in [0.1, 0.15) is 11.6 Å². The number of alkyl halides is 2. The number of H-pyrrole nitrogens is 1. The van der Waals surface area contributed by atoms with E-state index in [1.165, 1.54) is 12.3 Å².